The van der Waals surface area contributed by atoms with Crippen LogP contribution in [0.25, 0.3) is 0 Å². The van der Waals surface area contributed by atoms with Gasteiger partial charge in [0.2, 0.25) is 0 Å². The predicted octanol–water partition coefficient (Wildman–Crippen LogP) is 17.9. The molecule has 0 aliphatic carbocycles. The zero-order chi connectivity index (χ0) is 47.9. The van der Waals surface area contributed by atoms with Crippen molar-refractivity contribution >= 4 is 17.9 Å². The average molecular weight is 915 g/mol. The second-order valence-corrected chi connectivity index (χ2v) is 17.4. The number of allylic oxidation sites excluding steroid dienone is 18. The highest BCUT2D eigenvalue weighted by molar-refractivity contribution is 5.71. The Morgan fingerprint density at radius 3 is 0.955 bits per heavy atom. The Bertz CT molecular complexity index is 1370. The largest absolute Gasteiger partial charge is 0.462 e. The molecular formula is C60H98O6. The molecule has 1 atom stereocenters. The Hall–Kier alpha value is -3.93. The highest BCUT2D eigenvalue weighted by atomic mass is 16.6. The number of carbonyl (C=O) groups is 3. The van der Waals surface area contributed by atoms with Crippen LogP contribution in [0, 0.1) is 0 Å². The molecule has 6 nitrogen and oxygen atoms in total. The lowest BCUT2D eigenvalue weighted by atomic mass is 10.1. The fourth-order valence-electron chi connectivity index (χ4n) is 7.01. The molecule has 0 fully saturated rings. The quantitative estimate of drug-likeness (QED) is 0.0262. The second-order valence-electron chi connectivity index (χ2n) is 17.4. The zero-order valence-electron chi connectivity index (χ0n) is 42.7. The van der Waals surface area contributed by atoms with Gasteiger partial charge in [-0.2, -0.15) is 0 Å². The minimum atomic E-state index is -0.813. The van der Waals surface area contributed by atoms with Crippen LogP contribution >= 0.6 is 0 Å². The van der Waals surface area contributed by atoms with E-state index < -0.39 is 6.10 Å². The van der Waals surface area contributed by atoms with Gasteiger partial charge in [0.25, 0.3) is 0 Å². The van der Waals surface area contributed by atoms with Crippen LogP contribution in [0.1, 0.15) is 233 Å². The number of unbranched alkanes of at least 4 members (excludes halogenated alkanes) is 18. The van der Waals surface area contributed by atoms with Gasteiger partial charge in [-0.3, -0.25) is 14.4 Å². The van der Waals surface area contributed by atoms with Crippen molar-refractivity contribution in [2.75, 3.05) is 13.2 Å². The first-order valence-corrected chi connectivity index (χ1v) is 26.9. The van der Waals surface area contributed by atoms with Crippen molar-refractivity contribution in [1.29, 1.82) is 0 Å². The van der Waals surface area contributed by atoms with Crippen LogP contribution in [0.5, 0.6) is 0 Å². The summed E-state index contributed by atoms with van der Waals surface area (Å²) >= 11 is 0. The number of esters is 3. The summed E-state index contributed by atoms with van der Waals surface area (Å²) in [6.45, 7) is 6.34. The first-order valence-electron chi connectivity index (χ1n) is 26.9. The lowest BCUT2D eigenvalue weighted by Gasteiger charge is -2.18. The number of carbonyl (C=O) groups excluding carboxylic acids is 3. The van der Waals surface area contributed by atoms with E-state index in [1.165, 1.54) is 57.8 Å². The van der Waals surface area contributed by atoms with Gasteiger partial charge >= 0.3 is 17.9 Å². The number of ether oxygens (including phenoxy) is 3. The zero-order valence-corrected chi connectivity index (χ0v) is 42.7. The minimum Gasteiger partial charge on any atom is -0.462 e. The SMILES string of the molecule is CC/C=C\C/C=C\C/C=C\C/C=C\CCCCCC(=O)OCC(COC(=O)CCCCCCC/C=C\CCCCCCCCC)OC(=O)CCCCC/C=C\C/C=C\C/C=C\C/C=C\CC. The number of hydrogen-bond acceptors (Lipinski definition) is 6. The first kappa shape index (κ1) is 62.1. The molecule has 0 bridgehead atoms. The van der Waals surface area contributed by atoms with Crippen molar-refractivity contribution < 1.29 is 28.6 Å². The summed E-state index contributed by atoms with van der Waals surface area (Å²) in [6, 6.07) is 0. The molecule has 0 aromatic carbocycles. The maximum atomic E-state index is 12.8. The molecule has 6 heteroatoms. The molecule has 0 N–H and O–H groups in total. The summed E-state index contributed by atoms with van der Waals surface area (Å²) in [7, 11) is 0. The molecule has 66 heavy (non-hydrogen) atoms. The Labute approximate surface area is 406 Å². The van der Waals surface area contributed by atoms with E-state index in [2.05, 4.69) is 130 Å². The molecule has 0 rings (SSSR count). The van der Waals surface area contributed by atoms with Gasteiger partial charge in [0, 0.05) is 19.3 Å². The van der Waals surface area contributed by atoms with E-state index in [1.54, 1.807) is 0 Å². The van der Waals surface area contributed by atoms with Crippen molar-refractivity contribution in [3.8, 4) is 0 Å². The van der Waals surface area contributed by atoms with Gasteiger partial charge in [0.05, 0.1) is 0 Å². The van der Waals surface area contributed by atoms with Gasteiger partial charge in [0.15, 0.2) is 6.10 Å². The van der Waals surface area contributed by atoms with E-state index in [0.29, 0.717) is 12.8 Å². The number of hydrogen-bond donors (Lipinski definition) is 0. The predicted molar refractivity (Wildman–Crippen MR) is 283 cm³/mol. The third kappa shape index (κ3) is 51.1. The molecule has 0 saturated heterocycles. The third-order valence-electron chi connectivity index (χ3n) is 11.0. The van der Waals surface area contributed by atoms with E-state index in [0.717, 1.165) is 135 Å². The summed E-state index contributed by atoms with van der Waals surface area (Å²) in [4.78, 5) is 38.1. The summed E-state index contributed by atoms with van der Waals surface area (Å²) < 4.78 is 16.8. The average Bonchev–Trinajstić information content (AvgIpc) is 3.31. The highest BCUT2D eigenvalue weighted by Crippen LogP contribution is 2.13. The smallest absolute Gasteiger partial charge is 0.306 e. The maximum absolute atomic E-state index is 12.8. The topological polar surface area (TPSA) is 78.9 Å². The summed E-state index contributed by atoms with van der Waals surface area (Å²) in [6.07, 6.45) is 72.1. The normalized spacial score (nSPS) is 13.0. The van der Waals surface area contributed by atoms with Gasteiger partial charge in [-0.15, -0.1) is 0 Å². The first-order chi connectivity index (χ1) is 32.5. The lowest BCUT2D eigenvalue weighted by Crippen LogP contribution is -2.30. The maximum Gasteiger partial charge on any atom is 0.306 e. The molecule has 0 radical (unpaired) electrons. The Morgan fingerprint density at radius 2 is 0.591 bits per heavy atom. The molecule has 0 amide bonds. The lowest BCUT2D eigenvalue weighted by molar-refractivity contribution is -0.167. The van der Waals surface area contributed by atoms with E-state index >= 15 is 0 Å². The van der Waals surface area contributed by atoms with E-state index in [4.69, 9.17) is 14.2 Å². The van der Waals surface area contributed by atoms with E-state index in [-0.39, 0.29) is 37.5 Å². The molecule has 0 aromatic rings. The van der Waals surface area contributed by atoms with Gasteiger partial charge in [-0.1, -0.05) is 201 Å². The summed E-state index contributed by atoms with van der Waals surface area (Å²) in [5, 5.41) is 0. The summed E-state index contributed by atoms with van der Waals surface area (Å²) in [5.74, 6) is -0.982. The fraction of sp³-hybridized carbons (Fsp3) is 0.650. The van der Waals surface area contributed by atoms with Gasteiger partial charge in [-0.05, 0) is 122 Å². The third-order valence-corrected chi connectivity index (χ3v) is 11.0. The van der Waals surface area contributed by atoms with Gasteiger partial charge in [0.1, 0.15) is 13.2 Å². The van der Waals surface area contributed by atoms with Crippen LogP contribution in [0.3, 0.4) is 0 Å². The Kier molecular flexibility index (Phi) is 50.5. The molecule has 0 aliphatic rings. The van der Waals surface area contributed by atoms with Crippen LogP contribution < -0.4 is 0 Å². The molecule has 0 aliphatic heterocycles. The number of rotatable bonds is 47. The van der Waals surface area contributed by atoms with E-state index in [1.807, 2.05) is 0 Å². The van der Waals surface area contributed by atoms with Gasteiger partial charge < -0.3 is 14.2 Å². The van der Waals surface area contributed by atoms with Gasteiger partial charge in [-0.25, -0.2) is 0 Å². The van der Waals surface area contributed by atoms with Crippen LogP contribution in [0.15, 0.2) is 109 Å². The molecule has 0 spiro atoms. The monoisotopic (exact) mass is 915 g/mol. The van der Waals surface area contributed by atoms with Crippen LogP contribution in [-0.4, -0.2) is 37.2 Å². The fourth-order valence-corrected chi connectivity index (χ4v) is 7.01. The van der Waals surface area contributed by atoms with Crippen LogP contribution in [0.2, 0.25) is 0 Å². The Morgan fingerprint density at radius 1 is 0.318 bits per heavy atom. The standard InChI is InChI=1S/C60H98O6/c1-4-7-10-13-16-19-22-25-28-31-34-37-40-43-46-49-52-58(61)64-55-57(66-60(63)54-51-48-45-42-39-36-33-30-27-24-21-18-15-12-9-6-3)56-65-59(62)53-50-47-44-41-38-35-32-29-26-23-20-17-14-11-8-5-2/h7,9-10,12,16,18-19,21,25,27-30,32,34,36-37,39,57H,4-6,8,11,13-15,17,20,22-24,26,31,33,35,38,40-56H2,1-3H3/b10-7-,12-9-,19-16-,21-18-,28-25-,30-27-,32-29-,37-34-,39-36-. The second kappa shape index (κ2) is 53.7. The van der Waals surface area contributed by atoms with Crippen molar-refractivity contribution in [1.82, 2.24) is 0 Å². The highest BCUT2D eigenvalue weighted by Gasteiger charge is 2.19. The van der Waals surface area contributed by atoms with Crippen molar-refractivity contribution in [3.63, 3.8) is 0 Å². The Balaban J connectivity index is 4.52. The van der Waals surface area contributed by atoms with Crippen molar-refractivity contribution in [2.45, 2.75) is 239 Å². The van der Waals surface area contributed by atoms with Crippen molar-refractivity contribution in [2.24, 2.45) is 0 Å². The minimum absolute atomic E-state index is 0.107. The summed E-state index contributed by atoms with van der Waals surface area (Å²) in [5.41, 5.74) is 0. The molecular weight excluding hydrogens is 817 g/mol. The molecule has 0 heterocycles. The molecule has 0 saturated carbocycles. The van der Waals surface area contributed by atoms with Crippen LogP contribution in [-0.2, 0) is 28.6 Å². The van der Waals surface area contributed by atoms with Crippen molar-refractivity contribution in [3.05, 3.63) is 109 Å². The molecule has 374 valence electrons. The molecule has 0 aromatic heterocycles. The van der Waals surface area contributed by atoms with E-state index in [9.17, 15) is 14.4 Å². The molecule has 1 unspecified atom stereocenters. The van der Waals surface area contributed by atoms with Crippen LogP contribution in [0.4, 0.5) is 0 Å².